The fourth-order valence-electron chi connectivity index (χ4n) is 7.38. The Kier molecular flexibility index (Phi) is 21.6. The van der Waals surface area contributed by atoms with Crippen LogP contribution >= 0.6 is 0 Å². The molecule has 1 aliphatic rings. The van der Waals surface area contributed by atoms with E-state index in [9.17, 15) is 38.7 Å². The maximum absolute atomic E-state index is 14.2. The van der Waals surface area contributed by atoms with Gasteiger partial charge in [-0.1, -0.05) is 58.0 Å². The van der Waals surface area contributed by atoms with Gasteiger partial charge in [0, 0.05) is 31.4 Å². The molecule has 0 unspecified atom stereocenters. The van der Waals surface area contributed by atoms with Gasteiger partial charge < -0.3 is 64.5 Å². The van der Waals surface area contributed by atoms with Crippen molar-refractivity contribution in [3.05, 3.63) is 54.1 Å². The number of unbranched alkanes of at least 4 members (excludes halogenated alkanes) is 1. The number of rotatable bonds is 27. The van der Waals surface area contributed by atoms with Gasteiger partial charge in [-0.2, -0.15) is 0 Å². The number of amides is 6. The van der Waals surface area contributed by atoms with Gasteiger partial charge in [-0.3, -0.25) is 33.8 Å². The first-order chi connectivity index (χ1) is 30.4. The standard InChI is InChI=1S/C43H69N13O8/c1-25(2)20-32(53-37(58)30(14-8-9-17-44)52-40(61)35(26(3)4)55-36(57)29(45)21-27-12-6-5-7-13-27)39(60)51-31(15-10-18-49-43(46)47)38(59)54-33(22-28-23-48-24-50-28)41(62)56-19-11-16-34(56)42(63)64/h5-7,12-13,23-26,29-35H,8-11,14-22,44-45H2,1-4H3,(H,48,50)(H,51,60)(H,52,61)(H,53,58)(H,54,59)(H,55,57)(H,63,64)(H4,46,47,49)/t29-,30-,31-,32-,33-,34-,35-/m0/s1. The van der Waals surface area contributed by atoms with Crippen LogP contribution < -0.4 is 49.5 Å². The smallest absolute Gasteiger partial charge is 0.326 e. The molecule has 7 atom stereocenters. The summed E-state index contributed by atoms with van der Waals surface area (Å²) in [6.45, 7) is 7.82. The number of nitrogens with zero attached hydrogens (tertiary/aromatic N) is 3. The number of aromatic nitrogens is 2. The third-order valence-corrected chi connectivity index (χ3v) is 10.8. The number of benzene rings is 1. The molecule has 3 rings (SSSR count). The molecule has 1 aliphatic heterocycles. The molecule has 1 aromatic heterocycles. The van der Waals surface area contributed by atoms with Crippen LogP contribution in [0.4, 0.5) is 0 Å². The van der Waals surface area contributed by atoms with Crippen molar-refractivity contribution in [2.45, 2.75) is 134 Å². The highest BCUT2D eigenvalue weighted by atomic mass is 16.4. The average Bonchev–Trinajstić information content (AvgIpc) is 3.96. The molecule has 0 spiro atoms. The van der Waals surface area contributed by atoms with Gasteiger partial charge >= 0.3 is 5.97 Å². The molecule has 64 heavy (non-hydrogen) atoms. The Hall–Kier alpha value is -6.09. The summed E-state index contributed by atoms with van der Waals surface area (Å²) in [5.74, 6) is -5.74. The molecule has 0 saturated carbocycles. The van der Waals surface area contributed by atoms with Crippen LogP contribution in [0.3, 0.4) is 0 Å². The van der Waals surface area contributed by atoms with E-state index < -0.39 is 89.6 Å². The second kappa shape index (κ2) is 26.5. The number of aromatic amines is 1. The lowest BCUT2D eigenvalue weighted by Crippen LogP contribution is -2.60. The van der Waals surface area contributed by atoms with E-state index in [2.05, 4.69) is 41.5 Å². The van der Waals surface area contributed by atoms with E-state index in [1.165, 1.54) is 17.4 Å². The molecule has 0 radical (unpaired) electrons. The van der Waals surface area contributed by atoms with Crippen LogP contribution in [0.5, 0.6) is 0 Å². The molecule has 1 fully saturated rings. The Morgan fingerprint density at radius 3 is 2.00 bits per heavy atom. The highest BCUT2D eigenvalue weighted by Crippen LogP contribution is 2.20. The molecule has 15 N–H and O–H groups in total. The van der Waals surface area contributed by atoms with Crippen molar-refractivity contribution >= 4 is 47.4 Å². The number of likely N-dealkylation sites (tertiary alicyclic amines) is 1. The summed E-state index contributed by atoms with van der Waals surface area (Å²) >= 11 is 0. The predicted molar refractivity (Wildman–Crippen MR) is 240 cm³/mol. The predicted octanol–water partition coefficient (Wildman–Crippen LogP) is -1.09. The van der Waals surface area contributed by atoms with Crippen LogP contribution in [0.15, 0.2) is 47.8 Å². The van der Waals surface area contributed by atoms with Crippen molar-refractivity contribution in [1.82, 2.24) is 41.5 Å². The number of hydrogen-bond acceptors (Lipinski definition) is 11. The zero-order valence-electron chi connectivity index (χ0n) is 37.4. The van der Waals surface area contributed by atoms with Crippen molar-refractivity contribution in [3.63, 3.8) is 0 Å². The zero-order valence-corrected chi connectivity index (χ0v) is 37.4. The van der Waals surface area contributed by atoms with Crippen molar-refractivity contribution in [2.24, 2.45) is 39.8 Å². The fourth-order valence-corrected chi connectivity index (χ4v) is 7.38. The minimum atomic E-state index is -1.26. The summed E-state index contributed by atoms with van der Waals surface area (Å²) in [6, 6.07) is 1.36. The van der Waals surface area contributed by atoms with Crippen LogP contribution in [0.1, 0.15) is 90.3 Å². The molecule has 0 bridgehead atoms. The second-order valence-electron chi connectivity index (χ2n) is 16.9. The number of guanidine groups is 1. The first-order valence-corrected chi connectivity index (χ1v) is 22.0. The average molecular weight is 896 g/mol. The number of carbonyl (C=O) groups is 7. The van der Waals surface area contributed by atoms with Gasteiger partial charge in [0.25, 0.3) is 0 Å². The zero-order chi connectivity index (χ0) is 47.3. The Morgan fingerprint density at radius 1 is 0.812 bits per heavy atom. The van der Waals surface area contributed by atoms with Crippen LogP contribution in [0.25, 0.3) is 0 Å². The number of aliphatic imine (C=N–C) groups is 1. The van der Waals surface area contributed by atoms with Gasteiger partial charge in [0.2, 0.25) is 35.4 Å². The van der Waals surface area contributed by atoms with Gasteiger partial charge in [0.1, 0.15) is 36.3 Å². The SMILES string of the molecule is CC(C)C[C@H](NC(=O)[C@H](CCCCN)NC(=O)[C@@H](NC(=O)[C@@H](N)Cc1ccccc1)C(C)C)C(=O)N[C@@H](CCCN=C(N)N)C(=O)N[C@@H](Cc1cnc[nH]1)C(=O)N1CCC[C@H]1C(=O)O. The van der Waals surface area contributed by atoms with E-state index in [1.54, 1.807) is 13.8 Å². The molecular weight excluding hydrogens is 827 g/mol. The first kappa shape index (κ1) is 52.3. The molecule has 354 valence electrons. The Balaban J connectivity index is 1.84. The molecule has 21 heteroatoms. The number of carboxylic acid groups (broad SMARTS) is 1. The van der Waals surface area contributed by atoms with Gasteiger partial charge in [0.15, 0.2) is 5.96 Å². The lowest BCUT2D eigenvalue weighted by molar-refractivity contribution is -0.149. The molecular formula is C43H69N13O8. The van der Waals surface area contributed by atoms with Crippen molar-refractivity contribution in [1.29, 1.82) is 0 Å². The minimum absolute atomic E-state index is 0.0121. The normalized spacial score (nSPS) is 16.4. The second-order valence-corrected chi connectivity index (χ2v) is 16.9. The molecule has 21 nitrogen and oxygen atoms in total. The minimum Gasteiger partial charge on any atom is -0.480 e. The largest absolute Gasteiger partial charge is 0.480 e. The Bertz CT molecular complexity index is 1860. The molecule has 2 heterocycles. The summed E-state index contributed by atoms with van der Waals surface area (Å²) in [5.41, 5.74) is 24.3. The van der Waals surface area contributed by atoms with Crippen LogP contribution in [-0.2, 0) is 46.4 Å². The summed E-state index contributed by atoms with van der Waals surface area (Å²) in [6.07, 6.45) is 5.35. The van der Waals surface area contributed by atoms with Crippen LogP contribution in [-0.4, -0.2) is 129 Å². The maximum atomic E-state index is 14.2. The van der Waals surface area contributed by atoms with E-state index in [0.717, 1.165) is 5.56 Å². The summed E-state index contributed by atoms with van der Waals surface area (Å²) in [7, 11) is 0. The van der Waals surface area contributed by atoms with Gasteiger partial charge in [-0.25, -0.2) is 9.78 Å². The Labute approximate surface area is 374 Å². The number of aliphatic carboxylic acids is 1. The number of hydrogen-bond donors (Lipinski definition) is 11. The van der Waals surface area contributed by atoms with E-state index in [0.29, 0.717) is 31.5 Å². The summed E-state index contributed by atoms with van der Waals surface area (Å²) in [4.78, 5) is 107. The third kappa shape index (κ3) is 17.2. The van der Waals surface area contributed by atoms with E-state index in [-0.39, 0.29) is 69.9 Å². The third-order valence-electron chi connectivity index (χ3n) is 10.8. The van der Waals surface area contributed by atoms with Gasteiger partial charge in [-0.15, -0.1) is 0 Å². The number of nitrogens with one attached hydrogen (secondary N) is 6. The molecule has 1 aromatic carbocycles. The van der Waals surface area contributed by atoms with Crippen molar-refractivity contribution in [2.75, 3.05) is 19.6 Å². The maximum Gasteiger partial charge on any atom is 0.326 e. The monoisotopic (exact) mass is 896 g/mol. The van der Waals surface area contributed by atoms with Crippen LogP contribution in [0.2, 0.25) is 0 Å². The van der Waals surface area contributed by atoms with E-state index >= 15 is 0 Å². The molecule has 2 aromatic rings. The Morgan fingerprint density at radius 2 is 1.42 bits per heavy atom. The number of nitrogens with two attached hydrogens (primary N) is 4. The van der Waals surface area contributed by atoms with E-state index in [1.807, 2.05) is 44.2 Å². The van der Waals surface area contributed by atoms with Crippen molar-refractivity contribution in [3.8, 4) is 0 Å². The first-order valence-electron chi connectivity index (χ1n) is 22.0. The summed E-state index contributed by atoms with van der Waals surface area (Å²) < 4.78 is 0. The molecule has 1 saturated heterocycles. The number of imidazole rings is 1. The number of carbonyl (C=O) groups excluding carboxylic acids is 6. The van der Waals surface area contributed by atoms with Crippen LogP contribution in [0, 0.1) is 11.8 Å². The fraction of sp³-hybridized carbons (Fsp3) is 0.605. The lowest BCUT2D eigenvalue weighted by Gasteiger charge is -2.30. The lowest BCUT2D eigenvalue weighted by atomic mass is 9.99. The topological polar surface area (TPSA) is 348 Å². The highest BCUT2D eigenvalue weighted by molar-refractivity contribution is 5.97. The van der Waals surface area contributed by atoms with Gasteiger partial charge in [0.05, 0.1) is 12.4 Å². The quantitative estimate of drug-likeness (QED) is 0.0289. The summed E-state index contributed by atoms with van der Waals surface area (Å²) in [5, 5.41) is 23.6. The number of H-pyrrole nitrogens is 1. The van der Waals surface area contributed by atoms with Gasteiger partial charge in [-0.05, 0) is 81.7 Å². The molecule has 0 aliphatic carbocycles. The molecule has 6 amide bonds. The number of carboxylic acids is 1. The highest BCUT2D eigenvalue weighted by Gasteiger charge is 2.39. The van der Waals surface area contributed by atoms with E-state index in [4.69, 9.17) is 22.9 Å². The van der Waals surface area contributed by atoms with Crippen molar-refractivity contribution < 1.29 is 38.7 Å².